The molecule has 0 aliphatic heterocycles. The van der Waals surface area contributed by atoms with Crippen molar-refractivity contribution in [2.75, 3.05) is 7.11 Å². The smallest absolute Gasteiger partial charge is 0.303 e. The molecule has 5 heteroatoms. The second-order valence-corrected chi connectivity index (χ2v) is 12.9. The Kier molecular flexibility index (Phi) is 6.96. The van der Waals surface area contributed by atoms with Gasteiger partial charge in [0.2, 0.25) is 0 Å². The van der Waals surface area contributed by atoms with E-state index in [0.29, 0.717) is 29.8 Å². The molecule has 41 heavy (non-hydrogen) atoms. The molecule has 1 N–H and O–H groups in total. The van der Waals surface area contributed by atoms with Crippen LogP contribution in [-0.4, -0.2) is 18.2 Å². The molecule has 0 heterocycles. The van der Waals surface area contributed by atoms with E-state index in [1.165, 1.54) is 18.1 Å². The number of ether oxygens (including phenoxy) is 2. The number of methoxy groups -OCH3 is 1. The lowest BCUT2D eigenvalue weighted by Crippen LogP contribution is -2.29. The Balaban J connectivity index is 1.34. The Morgan fingerprint density at radius 3 is 2.44 bits per heavy atom. The van der Waals surface area contributed by atoms with E-state index in [-0.39, 0.29) is 29.0 Å². The number of halogens is 1. The van der Waals surface area contributed by atoms with Crippen LogP contribution in [0.25, 0.3) is 16.7 Å². The minimum absolute atomic E-state index is 0.00245. The molecule has 3 aliphatic rings. The van der Waals surface area contributed by atoms with Crippen LogP contribution >= 0.6 is 0 Å². The third-order valence-electron chi connectivity index (χ3n) is 10.4. The highest BCUT2D eigenvalue weighted by atomic mass is 19.1. The first-order valence-corrected chi connectivity index (χ1v) is 14.7. The van der Waals surface area contributed by atoms with Crippen LogP contribution in [0.5, 0.6) is 11.5 Å². The zero-order valence-electron chi connectivity index (χ0n) is 24.4. The maximum absolute atomic E-state index is 15.3. The molecule has 6 rings (SSSR count). The van der Waals surface area contributed by atoms with E-state index in [1.807, 2.05) is 36.4 Å². The highest BCUT2D eigenvalue weighted by Crippen LogP contribution is 2.68. The van der Waals surface area contributed by atoms with Gasteiger partial charge >= 0.3 is 5.97 Å². The standard InChI is InChI=1S/C36H39FO4/c1-35(2)25-14-15-36(35,3)32(18-25)30-16-22(8-12-28(30)31-19-26(40-4)11-13-33(31)37)21-41-27-7-5-6-24(17-27)29(20-34(38)39)23-9-10-23/h5-8,11-13,16-19,23,25,29H,9-10,14-15,20-21H2,1-4H3,(H,38,39)/t25?,29-,36?/m0/s1. The van der Waals surface area contributed by atoms with Gasteiger partial charge in [0, 0.05) is 5.56 Å². The van der Waals surface area contributed by atoms with Crippen molar-refractivity contribution in [1.82, 2.24) is 0 Å². The van der Waals surface area contributed by atoms with Crippen LogP contribution in [0.15, 0.2) is 66.7 Å². The Morgan fingerprint density at radius 2 is 1.78 bits per heavy atom. The lowest BCUT2D eigenvalue weighted by atomic mass is 9.65. The number of allylic oxidation sites excluding steroid dienone is 2. The molecule has 0 aromatic heterocycles. The van der Waals surface area contributed by atoms with Crippen LogP contribution < -0.4 is 9.47 Å². The molecular weight excluding hydrogens is 515 g/mol. The third kappa shape index (κ3) is 4.94. The summed E-state index contributed by atoms with van der Waals surface area (Å²) in [5.74, 6) is 1.28. The van der Waals surface area contributed by atoms with Crippen molar-refractivity contribution in [1.29, 1.82) is 0 Å². The lowest BCUT2D eigenvalue weighted by molar-refractivity contribution is -0.137. The Hall–Kier alpha value is -3.60. The van der Waals surface area contributed by atoms with Gasteiger partial charge in [-0.3, -0.25) is 4.79 Å². The number of hydrogen-bond donors (Lipinski definition) is 1. The van der Waals surface area contributed by atoms with Crippen molar-refractivity contribution in [3.8, 4) is 22.6 Å². The number of benzene rings is 3. The van der Waals surface area contributed by atoms with Gasteiger partial charge in [-0.25, -0.2) is 4.39 Å². The van der Waals surface area contributed by atoms with E-state index < -0.39 is 5.97 Å². The molecule has 2 fully saturated rings. The molecule has 3 aromatic carbocycles. The summed E-state index contributed by atoms with van der Waals surface area (Å²) in [5.41, 5.74) is 5.91. The van der Waals surface area contributed by atoms with E-state index in [1.54, 1.807) is 19.2 Å². The first-order valence-electron chi connectivity index (χ1n) is 14.7. The number of fused-ring (bicyclic) bond motifs is 2. The van der Waals surface area contributed by atoms with E-state index in [0.717, 1.165) is 47.3 Å². The maximum atomic E-state index is 15.3. The van der Waals surface area contributed by atoms with Crippen molar-refractivity contribution < 1.29 is 23.8 Å². The van der Waals surface area contributed by atoms with E-state index in [4.69, 9.17) is 9.47 Å². The summed E-state index contributed by atoms with van der Waals surface area (Å²) < 4.78 is 27.0. The fraction of sp³-hybridized carbons (Fsp3) is 0.417. The molecule has 0 saturated heterocycles. The quantitative estimate of drug-likeness (QED) is 0.272. The van der Waals surface area contributed by atoms with Crippen LogP contribution in [0.2, 0.25) is 0 Å². The van der Waals surface area contributed by atoms with Gasteiger partial charge in [0.05, 0.1) is 13.5 Å². The van der Waals surface area contributed by atoms with Crippen molar-refractivity contribution >= 4 is 11.5 Å². The maximum Gasteiger partial charge on any atom is 0.303 e. The molecule has 2 bridgehead atoms. The van der Waals surface area contributed by atoms with Gasteiger partial charge in [-0.05, 0) is 118 Å². The normalized spacial score (nSPS) is 23.2. The largest absolute Gasteiger partial charge is 0.497 e. The number of carboxylic acid groups (broad SMARTS) is 1. The monoisotopic (exact) mass is 554 g/mol. The number of hydrogen-bond acceptors (Lipinski definition) is 3. The first kappa shape index (κ1) is 27.6. The van der Waals surface area contributed by atoms with Crippen LogP contribution in [0.4, 0.5) is 4.39 Å². The molecule has 3 aliphatic carbocycles. The summed E-state index contributed by atoms with van der Waals surface area (Å²) in [6.07, 6.45) is 7.03. The van der Waals surface area contributed by atoms with Crippen molar-refractivity contribution in [3.05, 3.63) is 89.2 Å². The number of rotatable bonds is 10. The van der Waals surface area contributed by atoms with E-state index in [2.05, 4.69) is 32.9 Å². The molecule has 3 aromatic rings. The zero-order valence-corrected chi connectivity index (χ0v) is 24.4. The predicted molar refractivity (Wildman–Crippen MR) is 159 cm³/mol. The van der Waals surface area contributed by atoms with Crippen LogP contribution in [0, 0.1) is 28.5 Å². The van der Waals surface area contributed by atoms with Crippen molar-refractivity contribution in [2.45, 2.75) is 65.4 Å². The highest BCUT2D eigenvalue weighted by molar-refractivity contribution is 5.86. The van der Waals surface area contributed by atoms with Gasteiger partial charge in [0.1, 0.15) is 23.9 Å². The van der Waals surface area contributed by atoms with Gasteiger partial charge in [0.25, 0.3) is 0 Å². The fourth-order valence-corrected chi connectivity index (χ4v) is 7.30. The predicted octanol–water partition coefficient (Wildman–Crippen LogP) is 8.89. The van der Waals surface area contributed by atoms with Gasteiger partial charge < -0.3 is 14.6 Å². The average Bonchev–Trinajstić information content (AvgIpc) is 3.75. The molecule has 214 valence electrons. The van der Waals surface area contributed by atoms with Crippen LogP contribution in [0.1, 0.15) is 75.5 Å². The van der Waals surface area contributed by atoms with Gasteiger partial charge in [-0.2, -0.15) is 0 Å². The molecular formula is C36H39FO4. The van der Waals surface area contributed by atoms with Crippen molar-refractivity contribution in [2.24, 2.45) is 22.7 Å². The Labute approximate surface area is 242 Å². The molecule has 3 atom stereocenters. The molecule has 4 nitrogen and oxygen atoms in total. The second kappa shape index (κ2) is 10.3. The molecule has 0 spiro atoms. The Morgan fingerprint density at radius 1 is 0.976 bits per heavy atom. The summed E-state index contributed by atoms with van der Waals surface area (Å²) in [6.45, 7) is 7.44. The van der Waals surface area contributed by atoms with Gasteiger partial charge in [-0.15, -0.1) is 0 Å². The summed E-state index contributed by atoms with van der Waals surface area (Å²) in [6, 6.07) is 19.0. The minimum Gasteiger partial charge on any atom is -0.497 e. The summed E-state index contributed by atoms with van der Waals surface area (Å²) in [5, 5.41) is 9.43. The minimum atomic E-state index is -0.764. The number of carbonyl (C=O) groups is 1. The molecule has 2 saturated carbocycles. The average molecular weight is 555 g/mol. The highest BCUT2D eigenvalue weighted by Gasteiger charge is 2.57. The Bertz CT molecular complexity index is 1520. The fourth-order valence-electron chi connectivity index (χ4n) is 7.30. The van der Waals surface area contributed by atoms with E-state index in [9.17, 15) is 9.90 Å². The third-order valence-corrected chi connectivity index (χ3v) is 10.4. The summed E-state index contributed by atoms with van der Waals surface area (Å²) in [7, 11) is 1.60. The molecule has 0 radical (unpaired) electrons. The van der Waals surface area contributed by atoms with Crippen LogP contribution in [0.3, 0.4) is 0 Å². The SMILES string of the molecule is COc1ccc(F)c(-c2ccc(COc3cccc([C@@H](CC(=O)O)C4CC4)c3)cc2C2=CC3CCC2(C)C3(C)C)c1. The summed E-state index contributed by atoms with van der Waals surface area (Å²) >= 11 is 0. The van der Waals surface area contributed by atoms with Gasteiger partial charge in [0.15, 0.2) is 0 Å². The topological polar surface area (TPSA) is 55.8 Å². The zero-order chi connectivity index (χ0) is 28.9. The van der Waals surface area contributed by atoms with Crippen LogP contribution in [-0.2, 0) is 11.4 Å². The molecule has 0 amide bonds. The van der Waals surface area contributed by atoms with E-state index >= 15 is 4.39 Å². The number of aliphatic carboxylic acids is 1. The second-order valence-electron chi connectivity index (χ2n) is 12.9. The lowest BCUT2D eigenvalue weighted by Gasteiger charge is -2.38. The summed E-state index contributed by atoms with van der Waals surface area (Å²) in [4.78, 5) is 11.5. The van der Waals surface area contributed by atoms with Gasteiger partial charge in [-0.1, -0.05) is 51.1 Å². The molecule has 2 unspecified atom stereocenters. The number of carboxylic acids is 1. The van der Waals surface area contributed by atoms with Crippen molar-refractivity contribution in [3.63, 3.8) is 0 Å². The first-order chi connectivity index (χ1) is 19.6.